The lowest BCUT2D eigenvalue weighted by molar-refractivity contribution is -0.148. The molecule has 1 aromatic carbocycles. The Morgan fingerprint density at radius 1 is 1.38 bits per heavy atom. The minimum Gasteiger partial charge on any atom is -0.493 e. The van der Waals surface area contributed by atoms with E-state index in [0.29, 0.717) is 11.5 Å². The van der Waals surface area contributed by atoms with Crippen LogP contribution in [0, 0.1) is 0 Å². The van der Waals surface area contributed by atoms with Crippen LogP contribution in [0.3, 0.4) is 0 Å². The van der Waals surface area contributed by atoms with Crippen molar-refractivity contribution < 1.29 is 24.2 Å². The summed E-state index contributed by atoms with van der Waals surface area (Å²) >= 11 is 1.41. The van der Waals surface area contributed by atoms with Crippen LogP contribution in [0.25, 0.3) is 0 Å². The van der Waals surface area contributed by atoms with E-state index in [9.17, 15) is 9.59 Å². The molecule has 2 unspecified atom stereocenters. The molecule has 0 aliphatic carbocycles. The van der Waals surface area contributed by atoms with Gasteiger partial charge >= 0.3 is 5.97 Å². The van der Waals surface area contributed by atoms with E-state index < -0.39 is 12.0 Å². The molecule has 0 bridgehead atoms. The minimum absolute atomic E-state index is 0.172. The predicted molar refractivity (Wildman–Crippen MR) is 78.7 cm³/mol. The lowest BCUT2D eigenvalue weighted by atomic mass is 10.1. The Kier molecular flexibility index (Phi) is 4.62. The van der Waals surface area contributed by atoms with Crippen molar-refractivity contribution in [2.45, 2.75) is 18.3 Å². The molecule has 1 amide bonds. The van der Waals surface area contributed by atoms with Crippen molar-refractivity contribution in [1.82, 2.24) is 4.90 Å². The van der Waals surface area contributed by atoms with Gasteiger partial charge in [-0.3, -0.25) is 4.79 Å². The Labute approximate surface area is 127 Å². The smallest absolute Gasteiger partial charge is 0.326 e. The van der Waals surface area contributed by atoms with Crippen molar-refractivity contribution in [2.75, 3.05) is 20.0 Å². The molecule has 1 N–H and O–H groups in total. The molecule has 1 aromatic rings. The average molecular weight is 311 g/mol. The Morgan fingerprint density at radius 2 is 2.05 bits per heavy atom. The minimum atomic E-state index is -1.02. The van der Waals surface area contributed by atoms with E-state index in [1.54, 1.807) is 19.2 Å². The summed E-state index contributed by atoms with van der Waals surface area (Å²) in [6.45, 7) is 1.51. The quantitative estimate of drug-likeness (QED) is 0.893. The van der Waals surface area contributed by atoms with E-state index in [0.717, 1.165) is 5.56 Å². The standard InChI is InChI=1S/C14H17NO5S/c1-8(14(17)18)15-12(16)7-21-13(15)9-4-5-10(19-2)11(6-9)20-3/h4-6,8,13H,7H2,1-3H3,(H,17,18). The third-order valence-electron chi connectivity index (χ3n) is 3.37. The maximum atomic E-state index is 12.0. The topological polar surface area (TPSA) is 76.1 Å². The first-order valence-electron chi connectivity index (χ1n) is 6.37. The van der Waals surface area contributed by atoms with Gasteiger partial charge in [-0.25, -0.2) is 4.79 Å². The number of amides is 1. The van der Waals surface area contributed by atoms with Crippen LogP contribution in [0.1, 0.15) is 17.9 Å². The fourth-order valence-corrected chi connectivity index (χ4v) is 3.49. The summed E-state index contributed by atoms with van der Waals surface area (Å²) in [7, 11) is 3.08. The van der Waals surface area contributed by atoms with Crippen LogP contribution < -0.4 is 9.47 Å². The number of rotatable bonds is 5. The number of benzene rings is 1. The number of carboxylic acid groups (broad SMARTS) is 1. The molecule has 1 heterocycles. The zero-order valence-electron chi connectivity index (χ0n) is 12.0. The van der Waals surface area contributed by atoms with Crippen molar-refractivity contribution in [3.05, 3.63) is 23.8 Å². The molecule has 2 rings (SSSR count). The van der Waals surface area contributed by atoms with Crippen molar-refractivity contribution in [1.29, 1.82) is 0 Å². The molecule has 1 fully saturated rings. The van der Waals surface area contributed by atoms with Crippen molar-refractivity contribution >= 4 is 23.6 Å². The number of carboxylic acids is 1. The van der Waals surface area contributed by atoms with Gasteiger partial charge in [-0.2, -0.15) is 0 Å². The second-order valence-electron chi connectivity index (χ2n) is 4.59. The molecular weight excluding hydrogens is 294 g/mol. The first-order valence-corrected chi connectivity index (χ1v) is 7.42. The lowest BCUT2D eigenvalue weighted by Crippen LogP contribution is -2.41. The van der Waals surface area contributed by atoms with E-state index in [1.807, 2.05) is 6.07 Å². The van der Waals surface area contributed by atoms with Crippen LogP contribution in [0.2, 0.25) is 0 Å². The third-order valence-corrected chi connectivity index (χ3v) is 4.60. The number of ether oxygens (including phenoxy) is 2. The summed E-state index contributed by atoms with van der Waals surface area (Å²) in [4.78, 5) is 24.5. The first kappa shape index (κ1) is 15.5. The van der Waals surface area contributed by atoms with Crippen LogP contribution in [0.4, 0.5) is 0 Å². The van der Waals surface area contributed by atoms with E-state index >= 15 is 0 Å². The predicted octanol–water partition coefficient (Wildman–Crippen LogP) is 1.75. The summed E-state index contributed by atoms with van der Waals surface area (Å²) in [5, 5.41) is 8.83. The van der Waals surface area contributed by atoms with Crippen molar-refractivity contribution in [2.24, 2.45) is 0 Å². The summed E-state index contributed by atoms with van der Waals surface area (Å²) in [5.74, 6) is 0.230. The summed E-state index contributed by atoms with van der Waals surface area (Å²) in [6.07, 6.45) is 0. The molecule has 114 valence electrons. The lowest BCUT2D eigenvalue weighted by Gasteiger charge is -2.28. The molecule has 6 nitrogen and oxygen atoms in total. The van der Waals surface area contributed by atoms with Gasteiger partial charge in [0.1, 0.15) is 11.4 Å². The molecule has 1 saturated heterocycles. The molecule has 0 saturated carbocycles. The molecule has 0 aromatic heterocycles. The largest absolute Gasteiger partial charge is 0.493 e. The van der Waals surface area contributed by atoms with Gasteiger partial charge in [-0.05, 0) is 24.6 Å². The van der Waals surface area contributed by atoms with Crippen LogP contribution in [-0.4, -0.2) is 47.9 Å². The maximum Gasteiger partial charge on any atom is 0.326 e. The molecule has 1 aliphatic heterocycles. The monoisotopic (exact) mass is 311 g/mol. The summed E-state index contributed by atoms with van der Waals surface area (Å²) in [5.41, 5.74) is 0.816. The second-order valence-corrected chi connectivity index (χ2v) is 5.66. The highest BCUT2D eigenvalue weighted by molar-refractivity contribution is 8.00. The van der Waals surface area contributed by atoms with Crippen LogP contribution in [-0.2, 0) is 9.59 Å². The Bertz CT molecular complexity index is 562. The zero-order chi connectivity index (χ0) is 15.6. The van der Waals surface area contributed by atoms with E-state index in [2.05, 4.69) is 0 Å². The highest BCUT2D eigenvalue weighted by Gasteiger charge is 2.39. The Hall–Kier alpha value is -1.89. The molecule has 21 heavy (non-hydrogen) atoms. The van der Waals surface area contributed by atoms with Crippen molar-refractivity contribution in [3.8, 4) is 11.5 Å². The number of nitrogens with zero attached hydrogens (tertiary/aromatic N) is 1. The fraction of sp³-hybridized carbons (Fsp3) is 0.429. The average Bonchev–Trinajstić information content (AvgIpc) is 2.87. The van der Waals surface area contributed by atoms with Crippen LogP contribution >= 0.6 is 11.8 Å². The molecule has 7 heteroatoms. The molecule has 0 radical (unpaired) electrons. The normalized spacial score (nSPS) is 19.5. The van der Waals surface area contributed by atoms with Gasteiger partial charge in [-0.1, -0.05) is 6.07 Å². The molecule has 1 aliphatic rings. The van der Waals surface area contributed by atoms with Crippen LogP contribution in [0.15, 0.2) is 18.2 Å². The van der Waals surface area contributed by atoms with E-state index in [4.69, 9.17) is 14.6 Å². The SMILES string of the molecule is COc1ccc(C2SCC(=O)N2C(C)C(=O)O)cc1OC. The maximum absolute atomic E-state index is 12.0. The van der Waals surface area contributed by atoms with Gasteiger partial charge in [0.25, 0.3) is 0 Å². The number of thioether (sulfide) groups is 1. The molecule has 0 spiro atoms. The number of carbonyl (C=O) groups is 2. The Balaban J connectivity index is 2.36. The van der Waals surface area contributed by atoms with Gasteiger partial charge in [0.15, 0.2) is 11.5 Å². The highest BCUT2D eigenvalue weighted by atomic mass is 32.2. The van der Waals surface area contributed by atoms with E-state index in [1.165, 1.54) is 30.7 Å². The molecular formula is C14H17NO5S. The van der Waals surface area contributed by atoms with Crippen molar-refractivity contribution in [3.63, 3.8) is 0 Å². The second kappa shape index (κ2) is 6.26. The first-order chi connectivity index (χ1) is 9.99. The number of methoxy groups -OCH3 is 2. The summed E-state index contributed by atoms with van der Waals surface area (Å²) < 4.78 is 10.4. The number of hydrogen-bond acceptors (Lipinski definition) is 5. The van der Waals surface area contributed by atoms with Crippen LogP contribution in [0.5, 0.6) is 11.5 Å². The van der Waals surface area contributed by atoms with Gasteiger partial charge in [0.05, 0.1) is 20.0 Å². The van der Waals surface area contributed by atoms with Gasteiger partial charge < -0.3 is 19.5 Å². The number of carbonyl (C=O) groups excluding carboxylic acids is 1. The van der Waals surface area contributed by atoms with Gasteiger partial charge in [0, 0.05) is 0 Å². The summed E-state index contributed by atoms with van der Waals surface area (Å²) in [6, 6.07) is 4.47. The number of hydrogen-bond donors (Lipinski definition) is 1. The highest BCUT2D eigenvalue weighted by Crippen LogP contribution is 2.42. The number of aliphatic carboxylic acids is 1. The third kappa shape index (κ3) is 2.92. The Morgan fingerprint density at radius 3 is 2.62 bits per heavy atom. The van der Waals surface area contributed by atoms with Gasteiger partial charge in [0.2, 0.25) is 5.91 Å². The molecule has 2 atom stereocenters. The van der Waals surface area contributed by atoms with Gasteiger partial charge in [-0.15, -0.1) is 11.8 Å². The van der Waals surface area contributed by atoms with E-state index in [-0.39, 0.29) is 17.0 Å². The fourth-order valence-electron chi connectivity index (χ4n) is 2.24. The zero-order valence-corrected chi connectivity index (χ0v) is 12.8.